The smallest absolute Gasteiger partial charge is 0.265 e. The molecule has 7 heavy (non-hydrogen) atoms. The number of hydrogen-bond acceptors (Lipinski definition) is 1. The van der Waals surface area contributed by atoms with Crippen LogP contribution < -0.4 is 0 Å². The molecule has 2 radical (unpaired) electrons. The Morgan fingerprint density at radius 2 is 1.43 bits per heavy atom. The Bertz CT molecular complexity index is 80.0. The van der Waals surface area contributed by atoms with E-state index in [1.54, 1.807) is 12.4 Å². The quantitative estimate of drug-likeness (QED) is 0.563. The summed E-state index contributed by atoms with van der Waals surface area (Å²) in [5.74, 6) is 0. The van der Waals surface area contributed by atoms with Crippen molar-refractivity contribution in [2.75, 3.05) is 0 Å². The molecule has 2 heteroatoms. The molecule has 1 nitrogen and oxygen atoms in total. The molecule has 0 fully saturated rings. The zero-order chi connectivity index (χ0) is 4.24. The molecular formula is C5H5NSb+3. The summed E-state index contributed by atoms with van der Waals surface area (Å²) in [4.78, 5) is 3.78. The fourth-order valence-electron chi connectivity index (χ4n) is 0.313. The molecule has 0 bridgehead atoms. The van der Waals surface area contributed by atoms with Crippen molar-refractivity contribution in [2.24, 2.45) is 0 Å². The Labute approximate surface area is 60.2 Å². The summed E-state index contributed by atoms with van der Waals surface area (Å²) in [5.41, 5.74) is 0. The zero-order valence-electron chi connectivity index (χ0n) is 3.78. The van der Waals surface area contributed by atoms with Gasteiger partial charge in [-0.05, 0) is 12.1 Å². The Morgan fingerprint density at radius 1 is 0.857 bits per heavy atom. The van der Waals surface area contributed by atoms with Crippen LogP contribution in [0.2, 0.25) is 0 Å². The summed E-state index contributed by atoms with van der Waals surface area (Å²) < 4.78 is 0. The summed E-state index contributed by atoms with van der Waals surface area (Å²) in [7, 11) is 0. The normalized spacial score (nSPS) is 6.86. The first-order valence-corrected chi connectivity index (χ1v) is 1.85. The Kier molecular flexibility index (Phi) is 4.12. The molecule has 32 valence electrons. The standard InChI is InChI=1S/C5H5N.Sb/c1-2-4-6-5-3-1;/h1-5H;/q;+3. The SMILES string of the molecule is [Sb+3].c1ccncc1. The molecule has 1 heterocycles. The first kappa shape index (κ1) is 6.97. The maximum Gasteiger partial charge on any atom is 3.00 e. The molecule has 0 N–H and O–H groups in total. The molecule has 1 rings (SSSR count). The van der Waals surface area contributed by atoms with Gasteiger partial charge < -0.3 is 0 Å². The van der Waals surface area contributed by atoms with Crippen LogP contribution in [0.5, 0.6) is 0 Å². The summed E-state index contributed by atoms with van der Waals surface area (Å²) in [6.07, 6.45) is 3.50. The molecule has 0 atom stereocenters. The van der Waals surface area contributed by atoms with E-state index in [4.69, 9.17) is 0 Å². The van der Waals surface area contributed by atoms with Crippen LogP contribution in [0.25, 0.3) is 0 Å². The molecule has 0 aliphatic heterocycles. The largest absolute Gasteiger partial charge is 3.00 e. The van der Waals surface area contributed by atoms with Crippen molar-refractivity contribution in [1.82, 2.24) is 4.98 Å². The second-order valence-corrected chi connectivity index (χ2v) is 1.02. The fraction of sp³-hybridized carbons (Fsp3) is 0. The predicted molar refractivity (Wildman–Crippen MR) is 30.0 cm³/mol. The van der Waals surface area contributed by atoms with Crippen LogP contribution in [0, 0.1) is 0 Å². The van der Waals surface area contributed by atoms with Gasteiger partial charge in [0.2, 0.25) is 0 Å². The number of pyridine rings is 1. The second kappa shape index (κ2) is 4.14. The predicted octanol–water partition coefficient (Wildman–Crippen LogP) is 0.701. The molecule has 0 saturated heterocycles. The molecule has 1 aromatic rings. The Hall–Kier alpha value is -0.0318. The monoisotopic (exact) mass is 200 g/mol. The topological polar surface area (TPSA) is 12.9 Å². The van der Waals surface area contributed by atoms with Crippen molar-refractivity contribution >= 4 is 24.4 Å². The minimum Gasteiger partial charge on any atom is -0.265 e. The average Bonchev–Trinajstić information content (AvgIpc) is 1.72. The van der Waals surface area contributed by atoms with E-state index in [-0.39, 0.29) is 24.4 Å². The van der Waals surface area contributed by atoms with E-state index in [1.165, 1.54) is 0 Å². The van der Waals surface area contributed by atoms with Gasteiger partial charge in [0.1, 0.15) is 0 Å². The van der Waals surface area contributed by atoms with Gasteiger partial charge in [0, 0.05) is 12.4 Å². The van der Waals surface area contributed by atoms with E-state index >= 15 is 0 Å². The van der Waals surface area contributed by atoms with Gasteiger partial charge in [-0.2, -0.15) is 0 Å². The van der Waals surface area contributed by atoms with Gasteiger partial charge in [-0.15, -0.1) is 0 Å². The van der Waals surface area contributed by atoms with Gasteiger partial charge in [-0.3, -0.25) is 4.98 Å². The fourth-order valence-corrected chi connectivity index (χ4v) is 0.313. The third kappa shape index (κ3) is 2.64. The first-order chi connectivity index (χ1) is 3.00. The van der Waals surface area contributed by atoms with E-state index in [0.29, 0.717) is 0 Å². The van der Waals surface area contributed by atoms with Crippen LogP contribution in [0.1, 0.15) is 0 Å². The molecule has 1 aromatic heterocycles. The van der Waals surface area contributed by atoms with Crippen LogP contribution in [0.4, 0.5) is 0 Å². The third-order valence-corrected chi connectivity index (χ3v) is 0.566. The minimum atomic E-state index is 0. The van der Waals surface area contributed by atoms with Crippen molar-refractivity contribution < 1.29 is 0 Å². The van der Waals surface area contributed by atoms with E-state index in [2.05, 4.69) is 4.98 Å². The number of aromatic nitrogens is 1. The Morgan fingerprint density at radius 3 is 1.57 bits per heavy atom. The summed E-state index contributed by atoms with van der Waals surface area (Å²) in [5, 5.41) is 0. The van der Waals surface area contributed by atoms with Crippen LogP contribution in [-0.2, 0) is 0 Å². The van der Waals surface area contributed by atoms with Gasteiger partial charge in [-0.25, -0.2) is 0 Å². The number of nitrogens with zero attached hydrogens (tertiary/aromatic N) is 1. The van der Waals surface area contributed by atoms with Gasteiger partial charge in [0.15, 0.2) is 0 Å². The maximum atomic E-state index is 3.78. The van der Waals surface area contributed by atoms with Gasteiger partial charge in [0.25, 0.3) is 0 Å². The summed E-state index contributed by atoms with van der Waals surface area (Å²) in [6.45, 7) is 0. The minimum absolute atomic E-state index is 0. The second-order valence-electron chi connectivity index (χ2n) is 1.02. The number of rotatable bonds is 0. The molecule has 0 amide bonds. The van der Waals surface area contributed by atoms with Crippen molar-refractivity contribution in [3.05, 3.63) is 30.6 Å². The maximum absolute atomic E-state index is 3.78. The average molecular weight is 201 g/mol. The van der Waals surface area contributed by atoms with Gasteiger partial charge >= 0.3 is 24.4 Å². The molecular weight excluding hydrogens is 196 g/mol. The van der Waals surface area contributed by atoms with Crippen LogP contribution in [0.15, 0.2) is 30.6 Å². The molecule has 0 saturated carbocycles. The molecule has 0 aliphatic carbocycles. The van der Waals surface area contributed by atoms with E-state index in [0.717, 1.165) is 0 Å². The van der Waals surface area contributed by atoms with Crippen molar-refractivity contribution in [1.29, 1.82) is 0 Å². The van der Waals surface area contributed by atoms with Crippen molar-refractivity contribution in [3.63, 3.8) is 0 Å². The van der Waals surface area contributed by atoms with Gasteiger partial charge in [-0.1, -0.05) is 6.07 Å². The van der Waals surface area contributed by atoms with Crippen LogP contribution >= 0.6 is 0 Å². The first-order valence-electron chi connectivity index (χ1n) is 1.85. The van der Waals surface area contributed by atoms with Gasteiger partial charge in [0.05, 0.1) is 0 Å². The molecule has 0 aromatic carbocycles. The van der Waals surface area contributed by atoms with E-state index in [9.17, 15) is 0 Å². The summed E-state index contributed by atoms with van der Waals surface area (Å²) in [6, 6.07) is 5.72. The van der Waals surface area contributed by atoms with E-state index < -0.39 is 0 Å². The Balaban J connectivity index is 0.000000360. The molecule has 0 spiro atoms. The number of hydrogen-bond donors (Lipinski definition) is 0. The molecule has 0 unspecified atom stereocenters. The summed E-state index contributed by atoms with van der Waals surface area (Å²) >= 11 is 0. The van der Waals surface area contributed by atoms with Crippen LogP contribution in [-0.4, -0.2) is 29.4 Å². The van der Waals surface area contributed by atoms with Crippen molar-refractivity contribution in [2.45, 2.75) is 0 Å². The molecule has 0 aliphatic rings. The zero-order valence-corrected chi connectivity index (χ0v) is 6.33. The van der Waals surface area contributed by atoms with E-state index in [1.807, 2.05) is 18.2 Å². The third-order valence-electron chi connectivity index (χ3n) is 0.566. The van der Waals surface area contributed by atoms with Crippen LogP contribution in [0.3, 0.4) is 0 Å². The van der Waals surface area contributed by atoms with Crippen molar-refractivity contribution in [3.8, 4) is 0 Å².